The number of carbonyl (C=O) groups is 1. The average Bonchev–Trinajstić information content (AvgIpc) is 3.16. The lowest BCUT2D eigenvalue weighted by atomic mass is 9.84. The SMILES string of the molecule is Cc1nc2c(OCc3c(F)cccc3F)cccn2c1C(=O)CC(C)(CO)c1ncccn1. The number of benzene rings is 1. The Hall–Kier alpha value is -3.72. The van der Waals surface area contributed by atoms with Crippen LogP contribution in [0.3, 0.4) is 0 Å². The number of hydrogen-bond acceptors (Lipinski definition) is 6. The summed E-state index contributed by atoms with van der Waals surface area (Å²) < 4.78 is 35.2. The van der Waals surface area contributed by atoms with E-state index in [1.807, 2.05) is 0 Å². The van der Waals surface area contributed by atoms with E-state index in [1.165, 1.54) is 6.07 Å². The zero-order valence-corrected chi connectivity index (χ0v) is 18.1. The van der Waals surface area contributed by atoms with E-state index in [1.54, 1.807) is 55.0 Å². The number of imidazole rings is 1. The molecular formula is C24H22F2N4O3. The average molecular weight is 452 g/mol. The van der Waals surface area contributed by atoms with Gasteiger partial charge in [0.05, 0.1) is 23.3 Å². The van der Waals surface area contributed by atoms with Crippen molar-refractivity contribution in [3.05, 3.63) is 89.4 Å². The molecule has 0 fully saturated rings. The third-order valence-corrected chi connectivity index (χ3v) is 5.49. The van der Waals surface area contributed by atoms with E-state index >= 15 is 0 Å². The van der Waals surface area contributed by atoms with Crippen molar-refractivity contribution >= 4 is 11.4 Å². The maximum Gasteiger partial charge on any atom is 0.182 e. The van der Waals surface area contributed by atoms with Gasteiger partial charge < -0.3 is 9.84 Å². The van der Waals surface area contributed by atoms with Gasteiger partial charge in [-0.05, 0) is 44.2 Å². The minimum atomic E-state index is -0.981. The smallest absolute Gasteiger partial charge is 0.182 e. The quantitative estimate of drug-likeness (QED) is 0.409. The highest BCUT2D eigenvalue weighted by Gasteiger charge is 2.34. The van der Waals surface area contributed by atoms with Crippen molar-refractivity contribution < 1.29 is 23.4 Å². The Balaban J connectivity index is 1.64. The summed E-state index contributed by atoms with van der Waals surface area (Å²) in [6.45, 7) is 2.76. The van der Waals surface area contributed by atoms with Crippen LogP contribution in [0, 0.1) is 18.6 Å². The Morgan fingerprint density at radius 1 is 1.12 bits per heavy atom. The number of halogens is 2. The molecule has 0 saturated carbocycles. The zero-order valence-electron chi connectivity index (χ0n) is 18.1. The zero-order chi connectivity index (χ0) is 23.6. The number of carbonyl (C=O) groups excluding carboxylic acids is 1. The van der Waals surface area contributed by atoms with Gasteiger partial charge >= 0.3 is 0 Å². The lowest BCUT2D eigenvalue weighted by Gasteiger charge is -2.24. The number of aryl methyl sites for hydroxylation is 1. The molecular weight excluding hydrogens is 430 g/mol. The summed E-state index contributed by atoms with van der Waals surface area (Å²) in [6, 6.07) is 8.53. The molecule has 170 valence electrons. The maximum absolute atomic E-state index is 14.0. The monoisotopic (exact) mass is 452 g/mol. The molecule has 1 N–H and O–H groups in total. The predicted molar refractivity (Wildman–Crippen MR) is 116 cm³/mol. The van der Waals surface area contributed by atoms with E-state index in [2.05, 4.69) is 15.0 Å². The Labute approximate surface area is 188 Å². The molecule has 0 amide bonds. The van der Waals surface area contributed by atoms with Crippen LogP contribution in [0.15, 0.2) is 55.0 Å². The van der Waals surface area contributed by atoms with Crippen molar-refractivity contribution in [2.45, 2.75) is 32.3 Å². The molecule has 4 aromatic rings. The minimum Gasteiger partial charge on any atom is -0.485 e. The molecule has 1 atom stereocenters. The third-order valence-electron chi connectivity index (χ3n) is 5.49. The first-order valence-electron chi connectivity index (χ1n) is 10.3. The van der Waals surface area contributed by atoms with Gasteiger partial charge in [-0.3, -0.25) is 9.20 Å². The highest BCUT2D eigenvalue weighted by Crippen LogP contribution is 2.29. The van der Waals surface area contributed by atoms with Crippen LogP contribution in [0.4, 0.5) is 8.78 Å². The minimum absolute atomic E-state index is 0.0479. The van der Waals surface area contributed by atoms with Gasteiger partial charge in [0.25, 0.3) is 0 Å². The second-order valence-corrected chi connectivity index (χ2v) is 7.99. The molecule has 0 radical (unpaired) electrons. The molecule has 3 aromatic heterocycles. The molecule has 33 heavy (non-hydrogen) atoms. The second kappa shape index (κ2) is 9.03. The molecule has 0 aliphatic heterocycles. The number of hydrogen-bond donors (Lipinski definition) is 1. The van der Waals surface area contributed by atoms with E-state index in [-0.39, 0.29) is 36.7 Å². The Morgan fingerprint density at radius 3 is 2.48 bits per heavy atom. The fourth-order valence-corrected chi connectivity index (χ4v) is 3.68. The van der Waals surface area contributed by atoms with E-state index in [0.29, 0.717) is 22.9 Å². The number of aromatic nitrogens is 4. The van der Waals surface area contributed by atoms with Gasteiger partial charge in [-0.15, -0.1) is 0 Å². The second-order valence-electron chi connectivity index (χ2n) is 7.99. The number of rotatable bonds is 8. The van der Waals surface area contributed by atoms with Crippen LogP contribution in [-0.2, 0) is 12.0 Å². The summed E-state index contributed by atoms with van der Waals surface area (Å²) in [5.74, 6) is -1.03. The van der Waals surface area contributed by atoms with Crippen LogP contribution in [0.1, 0.15) is 40.9 Å². The van der Waals surface area contributed by atoms with Crippen LogP contribution >= 0.6 is 0 Å². The van der Waals surface area contributed by atoms with Crippen LogP contribution in [0.25, 0.3) is 5.65 Å². The molecule has 4 rings (SSSR count). The lowest BCUT2D eigenvalue weighted by molar-refractivity contribution is 0.0906. The number of nitrogens with zero attached hydrogens (tertiary/aromatic N) is 4. The van der Waals surface area contributed by atoms with Crippen molar-refractivity contribution in [3.63, 3.8) is 0 Å². The van der Waals surface area contributed by atoms with E-state index in [4.69, 9.17) is 4.74 Å². The topological polar surface area (TPSA) is 89.6 Å². The van der Waals surface area contributed by atoms with Crippen molar-refractivity contribution in [1.29, 1.82) is 0 Å². The molecule has 1 unspecified atom stereocenters. The first-order chi connectivity index (χ1) is 15.8. The summed E-state index contributed by atoms with van der Waals surface area (Å²) in [4.78, 5) is 26.1. The van der Waals surface area contributed by atoms with E-state index in [9.17, 15) is 18.7 Å². The standard InChI is InChI=1S/C24H22F2N4O3/c1-15-21(19(32)12-24(2,14-31)23-27-9-5-10-28-23)30-11-4-8-20(22(30)29-15)33-13-16-17(25)6-3-7-18(16)26/h3-11,31H,12-14H2,1-2H3. The summed E-state index contributed by atoms with van der Waals surface area (Å²) in [6.07, 6.45) is 4.73. The Morgan fingerprint density at radius 2 is 1.82 bits per heavy atom. The summed E-state index contributed by atoms with van der Waals surface area (Å²) >= 11 is 0. The van der Waals surface area contributed by atoms with Gasteiger partial charge in [0.2, 0.25) is 0 Å². The molecule has 0 bridgehead atoms. The van der Waals surface area contributed by atoms with Crippen LogP contribution in [-0.4, -0.2) is 36.8 Å². The Kier molecular flexibility index (Phi) is 6.15. The molecule has 0 aliphatic carbocycles. The van der Waals surface area contributed by atoms with Crippen LogP contribution in [0.5, 0.6) is 5.75 Å². The number of aliphatic hydroxyl groups is 1. The lowest BCUT2D eigenvalue weighted by Crippen LogP contribution is -2.32. The highest BCUT2D eigenvalue weighted by atomic mass is 19.1. The van der Waals surface area contributed by atoms with Crippen molar-refractivity contribution in [3.8, 4) is 5.75 Å². The van der Waals surface area contributed by atoms with Gasteiger partial charge in [-0.2, -0.15) is 0 Å². The Bertz CT molecular complexity index is 1290. The number of ketones is 1. The van der Waals surface area contributed by atoms with Crippen molar-refractivity contribution in [1.82, 2.24) is 19.4 Å². The number of ether oxygens (including phenoxy) is 1. The fourth-order valence-electron chi connectivity index (χ4n) is 3.68. The molecule has 7 nitrogen and oxygen atoms in total. The predicted octanol–water partition coefficient (Wildman–Crippen LogP) is 3.81. The van der Waals surface area contributed by atoms with Gasteiger partial charge in [-0.1, -0.05) is 6.07 Å². The molecule has 9 heteroatoms. The van der Waals surface area contributed by atoms with Crippen LogP contribution in [0.2, 0.25) is 0 Å². The first-order valence-corrected chi connectivity index (χ1v) is 10.3. The van der Waals surface area contributed by atoms with E-state index in [0.717, 1.165) is 12.1 Å². The van der Waals surface area contributed by atoms with Gasteiger partial charge in [-0.25, -0.2) is 23.7 Å². The molecule has 3 heterocycles. The van der Waals surface area contributed by atoms with Gasteiger partial charge in [0.1, 0.15) is 29.8 Å². The molecule has 0 aliphatic rings. The summed E-state index contributed by atoms with van der Waals surface area (Å²) in [5, 5.41) is 10.00. The largest absolute Gasteiger partial charge is 0.485 e. The number of pyridine rings is 1. The van der Waals surface area contributed by atoms with Gasteiger partial charge in [0, 0.05) is 25.0 Å². The fraction of sp³-hybridized carbons (Fsp3) is 0.250. The van der Waals surface area contributed by atoms with Crippen LogP contribution < -0.4 is 4.74 Å². The van der Waals surface area contributed by atoms with Gasteiger partial charge in [0.15, 0.2) is 17.2 Å². The highest BCUT2D eigenvalue weighted by molar-refractivity contribution is 5.97. The molecule has 1 aromatic carbocycles. The maximum atomic E-state index is 14.0. The third kappa shape index (κ3) is 4.31. The summed E-state index contributed by atoms with van der Waals surface area (Å²) in [7, 11) is 0. The van der Waals surface area contributed by atoms with Crippen molar-refractivity contribution in [2.24, 2.45) is 0 Å². The number of fused-ring (bicyclic) bond motifs is 1. The number of Topliss-reactive ketones (excluding diaryl/α,β-unsaturated/α-hetero) is 1. The molecule has 0 saturated heterocycles. The number of aliphatic hydroxyl groups excluding tert-OH is 1. The molecule has 0 spiro atoms. The first kappa shape index (κ1) is 22.5. The van der Waals surface area contributed by atoms with Crippen molar-refractivity contribution in [2.75, 3.05) is 6.61 Å². The van der Waals surface area contributed by atoms with E-state index < -0.39 is 17.0 Å². The normalized spacial score (nSPS) is 13.1. The summed E-state index contributed by atoms with van der Waals surface area (Å²) in [5.41, 5.74) is -0.0475.